The third-order valence-electron chi connectivity index (χ3n) is 2.87. The fourth-order valence-corrected chi connectivity index (χ4v) is 3.92. The summed E-state index contributed by atoms with van der Waals surface area (Å²) >= 11 is 0. The lowest BCUT2D eigenvalue weighted by atomic mass is 10.1. The van der Waals surface area contributed by atoms with Gasteiger partial charge in [-0.15, -0.1) is 0 Å². The van der Waals surface area contributed by atoms with E-state index in [0.717, 1.165) is 0 Å². The van der Waals surface area contributed by atoms with Crippen molar-refractivity contribution in [2.75, 3.05) is 26.0 Å². The first-order valence-electron chi connectivity index (χ1n) is 6.08. The summed E-state index contributed by atoms with van der Waals surface area (Å²) in [5.41, 5.74) is 0. The Kier molecular flexibility index (Phi) is 6.20. The molecule has 0 aliphatic carbocycles. The van der Waals surface area contributed by atoms with Crippen LogP contribution in [-0.4, -0.2) is 65.6 Å². The van der Waals surface area contributed by atoms with Crippen LogP contribution < -0.4 is 5.32 Å². The minimum absolute atomic E-state index is 0.0383. The van der Waals surface area contributed by atoms with E-state index in [1.165, 1.54) is 0 Å². The topological polar surface area (TPSA) is 108 Å². The molecule has 1 saturated heterocycles. The summed E-state index contributed by atoms with van der Waals surface area (Å²) in [4.78, 5) is 0. The fraction of sp³-hybridized carbons (Fsp3) is 1.00. The highest BCUT2D eigenvalue weighted by molar-refractivity contribution is 7.53. The minimum atomic E-state index is -3.28. The van der Waals surface area contributed by atoms with E-state index in [1.807, 2.05) is 0 Å². The highest BCUT2D eigenvalue weighted by Gasteiger charge is 2.44. The monoisotopic (exact) mass is 283 g/mol. The van der Waals surface area contributed by atoms with Gasteiger partial charge in [-0.25, -0.2) is 0 Å². The third kappa shape index (κ3) is 3.74. The molecule has 1 aliphatic rings. The van der Waals surface area contributed by atoms with Crippen LogP contribution in [0.15, 0.2) is 0 Å². The molecule has 0 amide bonds. The van der Waals surface area contributed by atoms with Crippen LogP contribution in [0.25, 0.3) is 0 Å². The van der Waals surface area contributed by atoms with Crippen LogP contribution in [0.3, 0.4) is 0 Å². The zero-order valence-corrected chi connectivity index (χ0v) is 11.5. The molecular weight excluding hydrogens is 261 g/mol. The van der Waals surface area contributed by atoms with Crippen molar-refractivity contribution in [3.63, 3.8) is 0 Å². The maximum atomic E-state index is 12.3. The summed E-state index contributed by atoms with van der Waals surface area (Å²) in [6.45, 7) is 3.59. The van der Waals surface area contributed by atoms with Crippen molar-refractivity contribution in [1.82, 2.24) is 5.32 Å². The maximum absolute atomic E-state index is 12.3. The largest absolute Gasteiger partial charge is 0.395 e. The highest BCUT2D eigenvalue weighted by Crippen LogP contribution is 2.49. The summed E-state index contributed by atoms with van der Waals surface area (Å²) in [6, 6.07) is -1.25. The number of aliphatic hydroxyl groups excluding tert-OH is 3. The van der Waals surface area contributed by atoms with Gasteiger partial charge in [0.05, 0.1) is 44.2 Å². The van der Waals surface area contributed by atoms with E-state index in [-0.39, 0.29) is 26.0 Å². The van der Waals surface area contributed by atoms with Crippen LogP contribution in [0.1, 0.15) is 13.8 Å². The van der Waals surface area contributed by atoms with Crippen LogP contribution in [0.5, 0.6) is 0 Å². The molecule has 1 heterocycles. The second kappa shape index (κ2) is 6.96. The molecule has 0 spiro atoms. The number of rotatable bonds is 7. The van der Waals surface area contributed by atoms with Gasteiger partial charge in [-0.1, -0.05) is 0 Å². The molecule has 108 valence electrons. The van der Waals surface area contributed by atoms with E-state index in [9.17, 15) is 14.8 Å². The minimum Gasteiger partial charge on any atom is -0.395 e. The summed E-state index contributed by atoms with van der Waals surface area (Å²) in [7, 11) is -3.28. The Morgan fingerprint density at radius 3 is 2.00 bits per heavy atom. The standard InChI is InChI=1S/C10H22NO6P/c1-3-16-18(15,17-4-2)6-8-10(14)9(13)7(5-12)11-8/h7-14H,3-6H2,1-2H3/t7-,8-,9-,10-/m1/s1. The smallest absolute Gasteiger partial charge is 0.332 e. The number of nitrogens with one attached hydrogen (secondary N) is 1. The van der Waals surface area contributed by atoms with Gasteiger partial charge in [0.25, 0.3) is 0 Å². The van der Waals surface area contributed by atoms with Crippen molar-refractivity contribution in [1.29, 1.82) is 0 Å². The van der Waals surface area contributed by atoms with E-state index < -0.39 is 31.9 Å². The average molecular weight is 283 g/mol. The SMILES string of the molecule is CCOP(=O)(C[C@H]1N[C@H](CO)[C@@H](O)[C@@H]1O)OCC. The van der Waals surface area contributed by atoms with Crippen molar-refractivity contribution in [3.05, 3.63) is 0 Å². The van der Waals surface area contributed by atoms with Crippen LogP contribution >= 0.6 is 7.60 Å². The normalized spacial score (nSPS) is 32.9. The van der Waals surface area contributed by atoms with E-state index in [1.54, 1.807) is 13.8 Å². The maximum Gasteiger partial charge on any atom is 0.332 e. The molecule has 0 aromatic heterocycles. The second-order valence-electron chi connectivity index (χ2n) is 4.17. The molecule has 1 fully saturated rings. The molecule has 0 radical (unpaired) electrons. The zero-order chi connectivity index (χ0) is 13.8. The average Bonchev–Trinajstić information content (AvgIpc) is 2.57. The lowest BCUT2D eigenvalue weighted by molar-refractivity contribution is 0.0211. The number of hydrogen-bond donors (Lipinski definition) is 4. The first-order valence-corrected chi connectivity index (χ1v) is 7.81. The van der Waals surface area contributed by atoms with Gasteiger partial charge in [-0.2, -0.15) is 0 Å². The van der Waals surface area contributed by atoms with E-state index >= 15 is 0 Å². The van der Waals surface area contributed by atoms with Crippen molar-refractivity contribution < 1.29 is 28.9 Å². The summed E-state index contributed by atoms with van der Waals surface area (Å²) in [5, 5.41) is 31.3. The first-order chi connectivity index (χ1) is 8.47. The van der Waals surface area contributed by atoms with Gasteiger partial charge >= 0.3 is 7.60 Å². The molecule has 18 heavy (non-hydrogen) atoms. The molecule has 1 rings (SSSR count). The molecule has 4 atom stereocenters. The van der Waals surface area contributed by atoms with Crippen LogP contribution in [-0.2, 0) is 13.6 Å². The molecule has 0 aromatic rings. The Morgan fingerprint density at radius 2 is 1.61 bits per heavy atom. The molecule has 0 unspecified atom stereocenters. The molecule has 0 bridgehead atoms. The lowest BCUT2D eigenvalue weighted by Crippen LogP contribution is -2.38. The zero-order valence-electron chi connectivity index (χ0n) is 10.7. The molecule has 7 nitrogen and oxygen atoms in total. The number of hydrogen-bond acceptors (Lipinski definition) is 7. The Bertz CT molecular complexity index is 292. The summed E-state index contributed by atoms with van der Waals surface area (Å²) in [5.74, 6) is 0. The van der Waals surface area contributed by atoms with Gasteiger partial charge in [0.2, 0.25) is 0 Å². The fourth-order valence-electron chi connectivity index (χ4n) is 2.05. The van der Waals surface area contributed by atoms with Gasteiger partial charge in [0, 0.05) is 6.04 Å². The quantitative estimate of drug-likeness (QED) is 0.458. The number of aliphatic hydroxyl groups is 3. The Labute approximate surface area is 107 Å². The van der Waals surface area contributed by atoms with Crippen LogP contribution in [0, 0.1) is 0 Å². The van der Waals surface area contributed by atoms with E-state index in [0.29, 0.717) is 0 Å². The second-order valence-corrected chi connectivity index (χ2v) is 6.28. The van der Waals surface area contributed by atoms with Crippen molar-refractivity contribution in [2.45, 2.75) is 38.1 Å². The summed E-state index contributed by atoms with van der Waals surface area (Å²) in [6.07, 6.45) is -2.23. The molecule has 1 aliphatic heterocycles. The van der Waals surface area contributed by atoms with Gasteiger partial charge in [-0.3, -0.25) is 4.57 Å². The van der Waals surface area contributed by atoms with Crippen molar-refractivity contribution in [2.24, 2.45) is 0 Å². The van der Waals surface area contributed by atoms with Crippen molar-refractivity contribution >= 4 is 7.60 Å². The van der Waals surface area contributed by atoms with Gasteiger partial charge in [0.15, 0.2) is 0 Å². The Morgan fingerprint density at radius 1 is 1.11 bits per heavy atom. The predicted molar refractivity (Wildman–Crippen MR) is 65.5 cm³/mol. The molecular formula is C10H22NO6P. The van der Waals surface area contributed by atoms with Crippen LogP contribution in [0.2, 0.25) is 0 Å². The Hall–Kier alpha value is -0.0100. The highest BCUT2D eigenvalue weighted by atomic mass is 31.2. The third-order valence-corrected chi connectivity index (χ3v) is 5.01. The van der Waals surface area contributed by atoms with Crippen LogP contribution in [0.4, 0.5) is 0 Å². The van der Waals surface area contributed by atoms with Gasteiger partial charge in [0.1, 0.15) is 0 Å². The molecule has 8 heteroatoms. The van der Waals surface area contributed by atoms with Gasteiger partial charge in [-0.05, 0) is 13.8 Å². The van der Waals surface area contributed by atoms with E-state index in [4.69, 9.17) is 14.2 Å². The first kappa shape index (κ1) is 16.0. The lowest BCUT2D eigenvalue weighted by Gasteiger charge is -2.22. The Balaban J connectivity index is 2.67. The van der Waals surface area contributed by atoms with E-state index in [2.05, 4.69) is 5.32 Å². The molecule has 0 aromatic carbocycles. The molecule has 0 saturated carbocycles. The summed E-state index contributed by atoms with van der Waals surface area (Å²) < 4.78 is 22.5. The van der Waals surface area contributed by atoms with Gasteiger partial charge < -0.3 is 29.7 Å². The predicted octanol–water partition coefficient (Wildman–Crippen LogP) is -0.693. The molecule has 4 N–H and O–H groups in total. The van der Waals surface area contributed by atoms with Crippen molar-refractivity contribution in [3.8, 4) is 0 Å².